The second kappa shape index (κ2) is 11.2. The number of amidine groups is 1. The average Bonchev–Trinajstić information content (AvgIpc) is 3.29. The van der Waals surface area contributed by atoms with Gasteiger partial charge in [0.25, 0.3) is 0 Å². The van der Waals surface area contributed by atoms with Crippen LogP contribution in [0.5, 0.6) is 5.75 Å². The molecule has 4 rings (SSSR count). The third kappa shape index (κ3) is 5.62. The molecule has 2 atom stereocenters. The van der Waals surface area contributed by atoms with Crippen molar-refractivity contribution in [3.05, 3.63) is 71.2 Å². The molecule has 0 amide bonds. The zero-order valence-corrected chi connectivity index (χ0v) is 22.5. The predicted molar refractivity (Wildman–Crippen MR) is 150 cm³/mol. The Labute approximate surface area is 219 Å². The van der Waals surface area contributed by atoms with Crippen molar-refractivity contribution in [1.82, 2.24) is 14.8 Å². The molecule has 1 aromatic heterocycles. The van der Waals surface area contributed by atoms with Crippen LogP contribution in [0, 0.1) is 6.92 Å². The molecule has 7 nitrogen and oxygen atoms in total. The number of likely N-dealkylation sites (tertiary alicyclic amines) is 1. The van der Waals surface area contributed by atoms with Crippen LogP contribution in [0.4, 0.5) is 5.82 Å². The van der Waals surface area contributed by atoms with Gasteiger partial charge in [-0.3, -0.25) is 0 Å². The number of aromatic nitrogens is 1. The van der Waals surface area contributed by atoms with Crippen molar-refractivity contribution >= 4 is 29.0 Å². The Morgan fingerprint density at radius 2 is 2.00 bits per heavy atom. The highest BCUT2D eigenvalue weighted by atomic mass is 35.5. The van der Waals surface area contributed by atoms with E-state index in [4.69, 9.17) is 27.1 Å². The Morgan fingerprint density at radius 3 is 2.64 bits per heavy atom. The number of nitrogens with two attached hydrogens (primary N) is 1. The zero-order valence-electron chi connectivity index (χ0n) is 21.7. The van der Waals surface area contributed by atoms with E-state index in [-0.39, 0.29) is 6.04 Å². The SMILES string of the molecule is C=C(/N=C(\C=C(/N)c1ccc(OC)c(C)c1)N1CCN(c2ncccc2Cl)C[C@H]1C)N1CCCC1C. The van der Waals surface area contributed by atoms with Crippen molar-refractivity contribution in [2.24, 2.45) is 10.7 Å². The Bertz CT molecular complexity index is 1160. The number of methoxy groups -OCH3 is 1. The van der Waals surface area contributed by atoms with Gasteiger partial charge in [-0.15, -0.1) is 0 Å². The Balaban J connectivity index is 1.63. The molecule has 0 bridgehead atoms. The molecule has 0 radical (unpaired) electrons. The van der Waals surface area contributed by atoms with E-state index in [9.17, 15) is 0 Å². The Hall–Kier alpha value is -3.19. The van der Waals surface area contributed by atoms with Gasteiger partial charge >= 0.3 is 0 Å². The first-order valence-electron chi connectivity index (χ1n) is 12.6. The van der Waals surface area contributed by atoms with Gasteiger partial charge in [-0.2, -0.15) is 0 Å². The number of aliphatic imine (C=N–C) groups is 1. The quantitative estimate of drug-likeness (QED) is 0.441. The molecule has 2 fully saturated rings. The second-order valence-electron chi connectivity index (χ2n) is 9.65. The van der Waals surface area contributed by atoms with E-state index in [2.05, 4.69) is 40.1 Å². The maximum Gasteiger partial charge on any atom is 0.147 e. The largest absolute Gasteiger partial charge is 0.496 e. The van der Waals surface area contributed by atoms with Gasteiger partial charge in [0, 0.05) is 56.2 Å². The standard InChI is InChI=1S/C28H37ClN6O/c1-19-16-23(10-11-26(19)36-5)25(30)17-27(32-22(4)34-13-7-8-20(34)2)35-15-14-33(18-21(35)3)28-24(29)9-6-12-31-28/h6,9-12,16-17,20-21H,4,7-8,13-15,18,30H2,1-3,5H3/b25-17-,32-27+/t20?,21-/m1/s1. The molecule has 2 aliphatic heterocycles. The number of rotatable bonds is 6. The van der Waals surface area contributed by atoms with Gasteiger partial charge in [0.05, 0.1) is 12.1 Å². The van der Waals surface area contributed by atoms with Crippen LogP contribution in [-0.2, 0) is 0 Å². The highest BCUT2D eigenvalue weighted by Gasteiger charge is 2.28. The highest BCUT2D eigenvalue weighted by Crippen LogP contribution is 2.27. The van der Waals surface area contributed by atoms with Crippen molar-refractivity contribution in [2.45, 2.75) is 45.7 Å². The minimum atomic E-state index is 0.168. The summed E-state index contributed by atoms with van der Waals surface area (Å²) in [5, 5.41) is 0.669. The van der Waals surface area contributed by atoms with E-state index in [0.717, 1.165) is 73.4 Å². The molecule has 8 heteroatoms. The number of nitrogens with zero attached hydrogens (tertiary/aromatic N) is 5. The molecule has 1 unspecified atom stereocenters. The van der Waals surface area contributed by atoms with Gasteiger partial charge in [0.2, 0.25) is 0 Å². The summed E-state index contributed by atoms with van der Waals surface area (Å²) in [7, 11) is 1.68. The van der Waals surface area contributed by atoms with Crippen LogP contribution in [-0.4, -0.2) is 66.0 Å². The number of benzene rings is 1. The fourth-order valence-electron chi connectivity index (χ4n) is 5.07. The maximum atomic E-state index is 6.63. The monoisotopic (exact) mass is 508 g/mol. The van der Waals surface area contributed by atoms with E-state index < -0.39 is 0 Å². The summed E-state index contributed by atoms with van der Waals surface area (Å²) in [6, 6.07) is 10.3. The third-order valence-electron chi connectivity index (χ3n) is 7.10. The number of anilines is 1. The van der Waals surface area contributed by atoms with Crippen molar-refractivity contribution in [3.8, 4) is 5.75 Å². The lowest BCUT2D eigenvalue weighted by Crippen LogP contribution is -2.54. The molecule has 1 aromatic carbocycles. The first-order chi connectivity index (χ1) is 17.3. The molecule has 2 aliphatic rings. The average molecular weight is 509 g/mol. The molecule has 192 valence electrons. The van der Waals surface area contributed by atoms with Crippen molar-refractivity contribution in [3.63, 3.8) is 0 Å². The van der Waals surface area contributed by atoms with Crippen LogP contribution in [0.1, 0.15) is 37.8 Å². The summed E-state index contributed by atoms with van der Waals surface area (Å²) >= 11 is 6.44. The number of ether oxygens (including phenoxy) is 1. The molecule has 2 N–H and O–H groups in total. The normalized spacial score (nSPS) is 21.2. The highest BCUT2D eigenvalue weighted by molar-refractivity contribution is 6.32. The van der Waals surface area contributed by atoms with E-state index >= 15 is 0 Å². The maximum absolute atomic E-state index is 6.63. The topological polar surface area (TPSA) is 70.2 Å². The number of pyridine rings is 1. The summed E-state index contributed by atoms with van der Waals surface area (Å²) in [6.07, 6.45) is 6.08. The summed E-state index contributed by atoms with van der Waals surface area (Å²) < 4.78 is 5.42. The molecule has 0 spiro atoms. The van der Waals surface area contributed by atoms with Crippen LogP contribution < -0.4 is 15.4 Å². The van der Waals surface area contributed by atoms with Gasteiger partial charge in [-0.1, -0.05) is 18.2 Å². The summed E-state index contributed by atoms with van der Waals surface area (Å²) in [5.74, 6) is 3.27. The number of piperazine rings is 1. The van der Waals surface area contributed by atoms with Crippen LogP contribution >= 0.6 is 11.6 Å². The van der Waals surface area contributed by atoms with Gasteiger partial charge < -0.3 is 25.2 Å². The fraction of sp³-hybridized carbons (Fsp3) is 0.429. The van der Waals surface area contributed by atoms with Crippen LogP contribution in [0.3, 0.4) is 0 Å². The molecule has 0 saturated carbocycles. The number of halogens is 1. The van der Waals surface area contributed by atoms with Crippen LogP contribution in [0.2, 0.25) is 5.02 Å². The summed E-state index contributed by atoms with van der Waals surface area (Å²) in [5.41, 5.74) is 9.27. The number of hydrogen-bond acceptors (Lipinski definition) is 6. The van der Waals surface area contributed by atoms with Gasteiger partial charge in [0.15, 0.2) is 0 Å². The molecule has 3 heterocycles. The van der Waals surface area contributed by atoms with Gasteiger partial charge in [0.1, 0.15) is 23.2 Å². The van der Waals surface area contributed by atoms with Crippen molar-refractivity contribution < 1.29 is 4.74 Å². The first-order valence-corrected chi connectivity index (χ1v) is 12.9. The lowest BCUT2D eigenvalue weighted by molar-refractivity contribution is 0.294. The Morgan fingerprint density at radius 1 is 1.19 bits per heavy atom. The van der Waals surface area contributed by atoms with E-state index in [1.54, 1.807) is 13.3 Å². The molecule has 0 aliphatic carbocycles. The van der Waals surface area contributed by atoms with E-state index in [0.29, 0.717) is 16.8 Å². The van der Waals surface area contributed by atoms with Gasteiger partial charge in [-0.25, -0.2) is 9.98 Å². The van der Waals surface area contributed by atoms with Gasteiger partial charge in [-0.05, 0) is 75.1 Å². The van der Waals surface area contributed by atoms with Crippen molar-refractivity contribution in [1.29, 1.82) is 0 Å². The van der Waals surface area contributed by atoms with E-state index in [1.807, 2.05) is 43.3 Å². The number of hydrogen-bond donors (Lipinski definition) is 1. The molecular formula is C28H37ClN6O. The van der Waals surface area contributed by atoms with E-state index in [1.165, 1.54) is 0 Å². The third-order valence-corrected chi connectivity index (χ3v) is 7.40. The van der Waals surface area contributed by atoms with Crippen LogP contribution in [0.15, 0.2) is 60.0 Å². The lowest BCUT2D eigenvalue weighted by atomic mass is 10.1. The smallest absolute Gasteiger partial charge is 0.147 e. The Kier molecular flexibility index (Phi) is 8.09. The van der Waals surface area contributed by atoms with Crippen LogP contribution in [0.25, 0.3) is 5.70 Å². The summed E-state index contributed by atoms with van der Waals surface area (Å²) in [6.45, 7) is 14.1. The molecule has 2 aromatic rings. The fourth-order valence-corrected chi connectivity index (χ4v) is 5.31. The summed E-state index contributed by atoms with van der Waals surface area (Å²) in [4.78, 5) is 16.4. The molecule has 2 saturated heterocycles. The number of aryl methyl sites for hydroxylation is 1. The second-order valence-corrected chi connectivity index (χ2v) is 10.1. The molecular weight excluding hydrogens is 472 g/mol. The predicted octanol–water partition coefficient (Wildman–Crippen LogP) is 4.92. The van der Waals surface area contributed by atoms with Crippen molar-refractivity contribution in [2.75, 3.05) is 38.2 Å². The first kappa shape index (κ1) is 25.9. The zero-order chi connectivity index (χ0) is 25.8. The minimum Gasteiger partial charge on any atom is -0.496 e. The minimum absolute atomic E-state index is 0.168. The molecule has 36 heavy (non-hydrogen) atoms. The lowest BCUT2D eigenvalue weighted by Gasteiger charge is -2.42.